The summed E-state index contributed by atoms with van der Waals surface area (Å²) >= 11 is 3.49. The first kappa shape index (κ1) is 25.2. The molecule has 1 aromatic rings. The molecule has 0 radical (unpaired) electrons. The summed E-state index contributed by atoms with van der Waals surface area (Å²) in [5.74, 6) is -0.898. The summed E-state index contributed by atoms with van der Waals surface area (Å²) in [6.07, 6.45) is 0. The van der Waals surface area contributed by atoms with Gasteiger partial charge in [0, 0.05) is 11.1 Å². The molecule has 0 fully saturated rings. The number of carbonyl (C=O) groups is 4. The van der Waals surface area contributed by atoms with Gasteiger partial charge in [-0.15, -0.1) is 10.2 Å². The highest BCUT2D eigenvalue weighted by Crippen LogP contribution is 2.28. The number of amides is 6. The number of carbonyl (C=O) groups excluding carboxylic acids is 4. The molecular formula is C16H26N6O4S3. The first-order valence-corrected chi connectivity index (χ1v) is 11.4. The van der Waals surface area contributed by atoms with Crippen molar-refractivity contribution in [3.8, 4) is 0 Å². The van der Waals surface area contributed by atoms with Gasteiger partial charge in [0.25, 0.3) is 0 Å². The highest BCUT2D eigenvalue weighted by Gasteiger charge is 2.18. The van der Waals surface area contributed by atoms with E-state index in [-0.39, 0.29) is 11.5 Å². The number of hydrogen-bond donors (Lipinski definition) is 4. The minimum atomic E-state index is -0.557. The normalized spacial score (nSPS) is 11.5. The molecule has 0 aliphatic carbocycles. The zero-order chi connectivity index (χ0) is 22.2. The number of hydrogen-bond acceptors (Lipinski definition) is 9. The fraction of sp³-hybridized carbons (Fsp3) is 0.625. The van der Waals surface area contributed by atoms with Gasteiger partial charge in [-0.3, -0.25) is 20.2 Å². The summed E-state index contributed by atoms with van der Waals surface area (Å²) < 4.78 is 1.06. The van der Waals surface area contributed by atoms with Crippen molar-refractivity contribution >= 4 is 58.7 Å². The van der Waals surface area contributed by atoms with E-state index in [0.717, 1.165) is 23.5 Å². The molecule has 6 amide bonds. The maximum absolute atomic E-state index is 11.8. The van der Waals surface area contributed by atoms with E-state index in [1.165, 1.54) is 11.3 Å². The Morgan fingerprint density at radius 1 is 0.759 bits per heavy atom. The van der Waals surface area contributed by atoms with Gasteiger partial charge < -0.3 is 10.6 Å². The lowest BCUT2D eigenvalue weighted by molar-refractivity contribution is -0.118. The van der Waals surface area contributed by atoms with Gasteiger partial charge in [0.05, 0.1) is 11.5 Å². The second kappa shape index (κ2) is 10.8. The van der Waals surface area contributed by atoms with Crippen LogP contribution < -0.4 is 21.3 Å². The number of rotatable bonds is 6. The number of aromatic nitrogens is 2. The summed E-state index contributed by atoms with van der Waals surface area (Å²) in [4.78, 5) is 46.9. The van der Waals surface area contributed by atoms with Gasteiger partial charge in [-0.1, -0.05) is 34.9 Å². The zero-order valence-corrected chi connectivity index (χ0v) is 19.6. The van der Waals surface area contributed by atoms with Crippen LogP contribution in [0.1, 0.15) is 41.5 Å². The van der Waals surface area contributed by atoms with Crippen molar-refractivity contribution < 1.29 is 19.2 Å². The minimum Gasteiger partial charge on any atom is -0.333 e. The average molecular weight is 463 g/mol. The summed E-state index contributed by atoms with van der Waals surface area (Å²) in [6, 6.07) is -1.11. The second-order valence-electron chi connectivity index (χ2n) is 7.92. The SMILES string of the molecule is CC(C)(C)NC(=O)NC(=O)CSc1nnc(SCC(=O)NC(=O)NC(C)(C)C)s1. The Morgan fingerprint density at radius 3 is 1.41 bits per heavy atom. The average Bonchev–Trinajstić information content (AvgIpc) is 2.95. The molecule has 0 unspecified atom stereocenters. The smallest absolute Gasteiger partial charge is 0.321 e. The Morgan fingerprint density at radius 2 is 1.10 bits per heavy atom. The van der Waals surface area contributed by atoms with Crippen LogP contribution in [-0.4, -0.2) is 56.7 Å². The second-order valence-corrected chi connectivity index (χ2v) is 11.3. The van der Waals surface area contributed by atoms with E-state index >= 15 is 0 Å². The van der Waals surface area contributed by atoms with Crippen molar-refractivity contribution in [1.82, 2.24) is 31.5 Å². The highest BCUT2D eigenvalue weighted by atomic mass is 32.2. The zero-order valence-electron chi connectivity index (χ0n) is 17.2. The Bertz CT molecular complexity index is 694. The maximum Gasteiger partial charge on any atom is 0.321 e. The van der Waals surface area contributed by atoms with Crippen LogP contribution in [0.2, 0.25) is 0 Å². The molecule has 0 atom stereocenters. The molecule has 0 aliphatic heterocycles. The van der Waals surface area contributed by atoms with E-state index in [4.69, 9.17) is 0 Å². The van der Waals surface area contributed by atoms with Crippen LogP contribution in [0.25, 0.3) is 0 Å². The highest BCUT2D eigenvalue weighted by molar-refractivity contribution is 8.03. The van der Waals surface area contributed by atoms with Gasteiger partial charge in [0.1, 0.15) is 0 Å². The van der Waals surface area contributed by atoms with Crippen LogP contribution in [0, 0.1) is 0 Å². The predicted octanol–water partition coefficient (Wildman–Crippen LogP) is 1.97. The number of urea groups is 2. The van der Waals surface area contributed by atoms with Crippen LogP contribution in [0.5, 0.6) is 0 Å². The van der Waals surface area contributed by atoms with E-state index in [1.807, 2.05) is 41.5 Å². The van der Waals surface area contributed by atoms with E-state index in [9.17, 15) is 19.2 Å². The summed E-state index contributed by atoms with van der Waals surface area (Å²) in [5, 5.41) is 17.6. The standard InChI is InChI=1S/C16H26N6O4S3/c1-15(2,3)19-11(25)17-9(23)7-27-13-21-22-14(29-13)28-8-10(24)18-12(26)20-16(4,5)6/h7-8H2,1-6H3,(H2,17,19,23,25)(H2,18,20,24,26). The van der Waals surface area contributed by atoms with Gasteiger partial charge in [0.2, 0.25) is 11.8 Å². The number of nitrogens with one attached hydrogen (secondary N) is 4. The van der Waals surface area contributed by atoms with Crippen LogP contribution in [0.3, 0.4) is 0 Å². The molecule has 0 bridgehead atoms. The molecule has 0 spiro atoms. The maximum atomic E-state index is 11.8. The Hall–Kier alpha value is -1.86. The molecule has 1 rings (SSSR count). The van der Waals surface area contributed by atoms with Crippen LogP contribution >= 0.6 is 34.9 Å². The molecule has 1 heterocycles. The first-order valence-electron chi connectivity index (χ1n) is 8.56. The third kappa shape index (κ3) is 12.3. The van der Waals surface area contributed by atoms with Gasteiger partial charge in [-0.2, -0.15) is 0 Å². The van der Waals surface area contributed by atoms with Crippen LogP contribution in [-0.2, 0) is 9.59 Å². The minimum absolute atomic E-state index is 0.00429. The summed E-state index contributed by atoms with van der Waals surface area (Å²) in [5.41, 5.74) is -0.884. The lowest BCUT2D eigenvalue weighted by atomic mass is 10.1. The fourth-order valence-electron chi connectivity index (χ4n) is 1.64. The van der Waals surface area contributed by atoms with Crippen LogP contribution in [0.4, 0.5) is 9.59 Å². The monoisotopic (exact) mass is 462 g/mol. The molecular weight excluding hydrogens is 436 g/mol. The Labute approximate surface area is 182 Å². The molecule has 0 saturated carbocycles. The van der Waals surface area contributed by atoms with Gasteiger partial charge in [-0.05, 0) is 41.5 Å². The van der Waals surface area contributed by atoms with Crippen LogP contribution in [0.15, 0.2) is 8.68 Å². The lowest BCUT2D eigenvalue weighted by Gasteiger charge is -2.20. The molecule has 162 valence electrons. The third-order valence-corrected chi connectivity index (χ3v) is 5.71. The van der Waals surface area contributed by atoms with E-state index < -0.39 is 35.0 Å². The van der Waals surface area contributed by atoms with Crippen molar-refractivity contribution in [3.05, 3.63) is 0 Å². The molecule has 0 aromatic carbocycles. The fourth-order valence-corrected chi connectivity index (χ4v) is 4.26. The number of nitrogens with zero attached hydrogens (tertiary/aromatic N) is 2. The van der Waals surface area contributed by atoms with E-state index in [2.05, 4.69) is 31.5 Å². The van der Waals surface area contributed by atoms with Crippen molar-refractivity contribution in [2.75, 3.05) is 11.5 Å². The van der Waals surface area contributed by atoms with Gasteiger partial charge >= 0.3 is 12.1 Å². The largest absolute Gasteiger partial charge is 0.333 e. The van der Waals surface area contributed by atoms with Crippen molar-refractivity contribution in [3.63, 3.8) is 0 Å². The summed E-state index contributed by atoms with van der Waals surface area (Å²) in [7, 11) is 0. The topological polar surface area (TPSA) is 142 Å². The quantitative estimate of drug-likeness (QED) is 0.470. The molecule has 29 heavy (non-hydrogen) atoms. The molecule has 1 aromatic heterocycles. The Kier molecular flexibility index (Phi) is 9.36. The molecule has 0 saturated heterocycles. The van der Waals surface area contributed by atoms with Gasteiger partial charge in [0.15, 0.2) is 8.68 Å². The molecule has 0 aliphatic rings. The molecule has 13 heteroatoms. The van der Waals surface area contributed by atoms with Crippen molar-refractivity contribution in [1.29, 1.82) is 0 Å². The lowest BCUT2D eigenvalue weighted by Crippen LogP contribution is -2.48. The van der Waals surface area contributed by atoms with Gasteiger partial charge in [-0.25, -0.2) is 9.59 Å². The van der Waals surface area contributed by atoms with Crippen molar-refractivity contribution in [2.45, 2.75) is 61.3 Å². The first-order chi connectivity index (χ1) is 13.2. The van der Waals surface area contributed by atoms with Crippen molar-refractivity contribution in [2.24, 2.45) is 0 Å². The van der Waals surface area contributed by atoms with E-state index in [0.29, 0.717) is 8.68 Å². The third-order valence-electron chi connectivity index (χ3n) is 2.52. The number of imide groups is 2. The molecule has 10 nitrogen and oxygen atoms in total. The Balaban J connectivity index is 2.36. The molecule has 4 N–H and O–H groups in total. The summed E-state index contributed by atoms with van der Waals surface area (Å²) in [6.45, 7) is 10.9. The number of thioether (sulfide) groups is 2. The predicted molar refractivity (Wildman–Crippen MR) is 114 cm³/mol. The van der Waals surface area contributed by atoms with E-state index in [1.54, 1.807) is 0 Å².